The average Bonchev–Trinajstić information content (AvgIpc) is 2.92. The van der Waals surface area contributed by atoms with E-state index in [2.05, 4.69) is 27.1 Å². The van der Waals surface area contributed by atoms with E-state index in [0.29, 0.717) is 22.8 Å². The molecule has 1 N–H and O–H groups in total. The van der Waals surface area contributed by atoms with Gasteiger partial charge < -0.3 is 0 Å². The van der Waals surface area contributed by atoms with E-state index in [1.165, 1.54) is 4.68 Å². The highest BCUT2D eigenvalue weighted by Gasteiger charge is 2.24. The summed E-state index contributed by atoms with van der Waals surface area (Å²) in [6, 6.07) is 0. The Morgan fingerprint density at radius 3 is 2.84 bits per heavy atom. The number of aliphatic imine (C=N–C) groups is 2. The highest BCUT2D eigenvalue weighted by molar-refractivity contribution is 6.15. The number of nitrogens with one attached hydrogen (secondary N) is 1. The molecule has 1 aliphatic heterocycles. The lowest BCUT2D eigenvalue weighted by molar-refractivity contribution is -0.124. The van der Waals surface area contributed by atoms with Crippen molar-refractivity contribution in [1.29, 1.82) is 0 Å². The van der Waals surface area contributed by atoms with E-state index in [0.717, 1.165) is 0 Å². The summed E-state index contributed by atoms with van der Waals surface area (Å²) < 4.78 is 1.52. The van der Waals surface area contributed by atoms with Gasteiger partial charge in [-0.1, -0.05) is 0 Å². The topological polar surface area (TPSA) is 88.7 Å². The monoisotopic (exact) mass is 259 g/mol. The smallest absolute Gasteiger partial charge is 0.254 e. The van der Waals surface area contributed by atoms with Crippen molar-refractivity contribution < 1.29 is 9.59 Å². The highest BCUT2D eigenvalue weighted by Crippen LogP contribution is 2.23. The minimum absolute atomic E-state index is 0.0709. The van der Waals surface area contributed by atoms with Crippen molar-refractivity contribution in [2.24, 2.45) is 9.98 Å². The Labute approximate surface area is 109 Å². The van der Waals surface area contributed by atoms with Crippen molar-refractivity contribution in [1.82, 2.24) is 15.1 Å². The normalized spacial score (nSPS) is 18.0. The number of imide groups is 1. The largest absolute Gasteiger partial charge is 0.292 e. The lowest BCUT2D eigenvalue weighted by atomic mass is 10.1. The number of hydrogen-bond donors (Lipinski definition) is 1. The van der Waals surface area contributed by atoms with Crippen LogP contribution in [0.3, 0.4) is 0 Å². The Bertz CT molecular complexity index is 624. The molecule has 1 aromatic heterocycles. The van der Waals surface area contributed by atoms with Crippen LogP contribution in [-0.4, -0.2) is 41.2 Å². The van der Waals surface area contributed by atoms with Gasteiger partial charge in [-0.15, -0.1) is 0 Å². The fourth-order valence-corrected chi connectivity index (χ4v) is 1.75. The van der Waals surface area contributed by atoms with Gasteiger partial charge in [-0.2, -0.15) is 5.10 Å². The molecule has 2 rings (SSSR count). The molecule has 19 heavy (non-hydrogen) atoms. The molecule has 0 aliphatic carbocycles. The van der Waals surface area contributed by atoms with E-state index < -0.39 is 0 Å². The fraction of sp³-hybridized carbons (Fsp3) is 0.250. The number of carbonyl (C=O) groups is 2. The summed E-state index contributed by atoms with van der Waals surface area (Å²) in [7, 11) is 1.64. The molecular weight excluding hydrogens is 246 g/mol. The van der Waals surface area contributed by atoms with Crippen LogP contribution in [-0.2, 0) is 9.59 Å². The first-order valence-electron chi connectivity index (χ1n) is 5.60. The van der Waals surface area contributed by atoms with Gasteiger partial charge in [0, 0.05) is 18.2 Å². The second-order valence-corrected chi connectivity index (χ2v) is 3.99. The molecule has 7 heteroatoms. The molecule has 0 unspecified atom stereocenters. The van der Waals surface area contributed by atoms with Crippen LogP contribution in [0.4, 0.5) is 5.82 Å². The summed E-state index contributed by atoms with van der Waals surface area (Å²) in [5.74, 6) is 0.457. The van der Waals surface area contributed by atoms with Crippen molar-refractivity contribution >= 4 is 36.3 Å². The van der Waals surface area contributed by atoms with Crippen LogP contribution in [0.5, 0.6) is 0 Å². The van der Waals surface area contributed by atoms with Crippen LogP contribution in [0.25, 0.3) is 6.08 Å². The molecule has 2 amide bonds. The lowest BCUT2D eigenvalue weighted by Gasteiger charge is -2.02. The van der Waals surface area contributed by atoms with Gasteiger partial charge >= 0.3 is 0 Å². The predicted octanol–water partition coefficient (Wildman–Crippen LogP) is 0.541. The Balaban J connectivity index is 2.45. The molecule has 7 nitrogen and oxygen atoms in total. The second kappa shape index (κ2) is 4.97. The predicted molar refractivity (Wildman–Crippen MR) is 71.6 cm³/mol. The van der Waals surface area contributed by atoms with Gasteiger partial charge in [0.05, 0.1) is 12.6 Å². The number of amides is 2. The molecule has 0 atom stereocenters. The summed E-state index contributed by atoms with van der Waals surface area (Å²) in [6.45, 7) is 5.27. The molecule has 1 aromatic rings. The van der Waals surface area contributed by atoms with Gasteiger partial charge in [0.15, 0.2) is 5.82 Å². The summed E-state index contributed by atoms with van der Waals surface area (Å²) in [6.07, 6.45) is 3.22. The van der Waals surface area contributed by atoms with Crippen molar-refractivity contribution in [3.63, 3.8) is 0 Å². The first-order chi connectivity index (χ1) is 9.06. The third-order valence-electron chi connectivity index (χ3n) is 2.78. The SMILES string of the molecule is C=Nc1c(C=C2CC(=O)NC2=O)cnn1C(C)=NC. The quantitative estimate of drug-likeness (QED) is 0.364. The Hall–Kier alpha value is -2.57. The molecule has 0 saturated carbocycles. The van der Waals surface area contributed by atoms with Gasteiger partial charge in [0.25, 0.3) is 5.91 Å². The lowest BCUT2D eigenvalue weighted by Crippen LogP contribution is -2.19. The molecule has 0 radical (unpaired) electrons. The molecule has 1 fully saturated rings. The van der Waals surface area contributed by atoms with Gasteiger partial charge in [-0.3, -0.25) is 19.9 Å². The molecule has 0 aromatic carbocycles. The van der Waals surface area contributed by atoms with E-state index in [-0.39, 0.29) is 18.2 Å². The Morgan fingerprint density at radius 2 is 2.32 bits per heavy atom. The second-order valence-electron chi connectivity index (χ2n) is 3.99. The minimum atomic E-state index is -0.381. The van der Waals surface area contributed by atoms with Gasteiger partial charge in [-0.05, 0) is 19.7 Å². The molecule has 0 spiro atoms. The Morgan fingerprint density at radius 1 is 1.58 bits per heavy atom. The average molecular weight is 259 g/mol. The number of nitrogens with zero attached hydrogens (tertiary/aromatic N) is 4. The zero-order chi connectivity index (χ0) is 14.0. The van der Waals surface area contributed by atoms with E-state index in [9.17, 15) is 9.59 Å². The summed E-state index contributed by atoms with van der Waals surface area (Å²) in [5.41, 5.74) is 1.01. The van der Waals surface area contributed by atoms with E-state index in [4.69, 9.17) is 0 Å². The van der Waals surface area contributed by atoms with Crippen molar-refractivity contribution in [3.8, 4) is 0 Å². The fourth-order valence-electron chi connectivity index (χ4n) is 1.75. The molecule has 2 heterocycles. The van der Waals surface area contributed by atoms with Crippen LogP contribution >= 0.6 is 0 Å². The number of hydrogen-bond acceptors (Lipinski definition) is 5. The van der Waals surface area contributed by atoms with Crippen LogP contribution in [0.2, 0.25) is 0 Å². The summed E-state index contributed by atoms with van der Waals surface area (Å²) in [4.78, 5) is 30.5. The molecular formula is C12H13N5O2. The van der Waals surface area contributed by atoms with Crippen LogP contribution in [0.1, 0.15) is 18.9 Å². The third-order valence-corrected chi connectivity index (χ3v) is 2.78. The molecule has 0 bridgehead atoms. The van der Waals surface area contributed by atoms with Gasteiger partial charge in [0.1, 0.15) is 5.84 Å². The first-order valence-corrected chi connectivity index (χ1v) is 5.60. The van der Waals surface area contributed by atoms with E-state index in [1.54, 1.807) is 26.2 Å². The van der Waals surface area contributed by atoms with E-state index in [1.807, 2.05) is 0 Å². The van der Waals surface area contributed by atoms with Crippen molar-refractivity contribution in [2.45, 2.75) is 13.3 Å². The zero-order valence-corrected chi connectivity index (χ0v) is 10.7. The maximum Gasteiger partial charge on any atom is 0.254 e. The number of rotatable bonds is 2. The summed E-state index contributed by atoms with van der Waals surface area (Å²) >= 11 is 0. The van der Waals surface area contributed by atoms with E-state index >= 15 is 0 Å². The van der Waals surface area contributed by atoms with Crippen LogP contribution < -0.4 is 5.32 Å². The maximum absolute atomic E-state index is 11.5. The Kier molecular flexibility index (Phi) is 3.37. The number of carbonyl (C=O) groups excluding carboxylic acids is 2. The molecule has 98 valence electrons. The van der Waals surface area contributed by atoms with Crippen molar-refractivity contribution in [2.75, 3.05) is 7.05 Å². The molecule has 1 aliphatic rings. The molecule has 1 saturated heterocycles. The maximum atomic E-state index is 11.5. The van der Waals surface area contributed by atoms with Crippen LogP contribution in [0, 0.1) is 0 Å². The minimum Gasteiger partial charge on any atom is -0.292 e. The van der Waals surface area contributed by atoms with Crippen LogP contribution in [0.15, 0.2) is 21.8 Å². The zero-order valence-electron chi connectivity index (χ0n) is 10.7. The first kappa shape index (κ1) is 12.9. The standard InChI is InChI=1S/C12H13N5O2/c1-7(13-2)17-11(14-3)9(6-15-17)4-8-5-10(18)16-12(8)19/h4,6H,3,5H2,1-2H3,(H,16,18,19). The highest BCUT2D eigenvalue weighted by atomic mass is 16.2. The third kappa shape index (κ3) is 2.35. The van der Waals surface area contributed by atoms with Crippen molar-refractivity contribution in [3.05, 3.63) is 17.3 Å². The number of aromatic nitrogens is 2. The summed E-state index contributed by atoms with van der Waals surface area (Å²) in [5, 5.41) is 6.36. The van der Waals surface area contributed by atoms with Gasteiger partial charge in [0.2, 0.25) is 5.91 Å². The van der Waals surface area contributed by atoms with Gasteiger partial charge in [-0.25, -0.2) is 9.67 Å².